The first-order chi connectivity index (χ1) is 32.5. The molecule has 6 nitrogen and oxygen atoms in total. The third-order valence-electron chi connectivity index (χ3n) is 14.1. The van der Waals surface area contributed by atoms with Crippen LogP contribution in [0.3, 0.4) is 0 Å². The number of aliphatic hydroxyl groups excluding tert-OH is 2. The van der Waals surface area contributed by atoms with Crippen molar-refractivity contribution in [3.63, 3.8) is 0 Å². The Balaban J connectivity index is 3.39. The predicted octanol–water partition coefficient (Wildman–Crippen LogP) is 18.5. The molecule has 0 aromatic rings. The summed E-state index contributed by atoms with van der Waals surface area (Å²) >= 11 is 0. The Bertz CT molecular complexity index is 986. The molecule has 2 atom stereocenters. The molecule has 0 heterocycles. The summed E-state index contributed by atoms with van der Waals surface area (Å²) in [5.74, 6) is -0.0279. The van der Waals surface area contributed by atoms with Crippen LogP contribution in [0.1, 0.15) is 335 Å². The topological polar surface area (TPSA) is 95.9 Å². The third-order valence-corrected chi connectivity index (χ3v) is 14.1. The summed E-state index contributed by atoms with van der Waals surface area (Å²) in [6.07, 6.45) is 66.4. The summed E-state index contributed by atoms with van der Waals surface area (Å²) in [5.41, 5.74) is 0. The van der Waals surface area contributed by atoms with Gasteiger partial charge in [0.25, 0.3) is 0 Å². The van der Waals surface area contributed by atoms with Gasteiger partial charge in [-0.25, -0.2) is 0 Å². The van der Waals surface area contributed by atoms with Crippen molar-refractivity contribution in [3.8, 4) is 0 Å². The first-order valence-corrected chi connectivity index (χ1v) is 29.9. The van der Waals surface area contributed by atoms with Crippen molar-refractivity contribution in [2.45, 2.75) is 347 Å². The number of ether oxygens (including phenoxy) is 1. The van der Waals surface area contributed by atoms with Gasteiger partial charge in [0.1, 0.15) is 0 Å². The molecular weight excluding hydrogens is 815 g/mol. The van der Waals surface area contributed by atoms with Gasteiger partial charge in [-0.15, -0.1) is 0 Å². The van der Waals surface area contributed by atoms with E-state index >= 15 is 0 Å². The zero-order chi connectivity index (χ0) is 47.9. The Morgan fingerprint density at radius 3 is 1.08 bits per heavy atom. The Kier molecular flexibility index (Phi) is 55.0. The normalized spacial score (nSPS) is 12.6. The Morgan fingerprint density at radius 2 is 0.712 bits per heavy atom. The van der Waals surface area contributed by atoms with Crippen molar-refractivity contribution in [2.75, 3.05) is 13.2 Å². The number of esters is 1. The minimum absolute atomic E-state index is 0.0127. The van der Waals surface area contributed by atoms with Crippen molar-refractivity contribution in [1.29, 1.82) is 0 Å². The van der Waals surface area contributed by atoms with Crippen LogP contribution in [0.25, 0.3) is 0 Å². The Morgan fingerprint density at radius 1 is 0.409 bits per heavy atom. The Labute approximate surface area is 412 Å². The van der Waals surface area contributed by atoms with E-state index in [4.69, 9.17) is 4.74 Å². The highest BCUT2D eigenvalue weighted by Crippen LogP contribution is 2.17. The SMILES string of the molecule is CCCCCCCCCCCCCCCCC(=O)OCCCCCCCCCCCCC/C=C\CCCCCCCCCC(=O)NC(CO)C(O)CCCCCCCCCCCCCCC. The molecule has 1 amide bonds. The van der Waals surface area contributed by atoms with E-state index < -0.39 is 12.1 Å². The summed E-state index contributed by atoms with van der Waals surface area (Å²) in [6.45, 7) is 4.96. The van der Waals surface area contributed by atoms with E-state index in [0.29, 0.717) is 25.9 Å². The molecule has 66 heavy (non-hydrogen) atoms. The molecule has 0 aliphatic heterocycles. The summed E-state index contributed by atoms with van der Waals surface area (Å²) < 4.78 is 5.48. The van der Waals surface area contributed by atoms with E-state index in [-0.39, 0.29) is 18.5 Å². The van der Waals surface area contributed by atoms with Crippen molar-refractivity contribution < 1.29 is 24.5 Å². The largest absolute Gasteiger partial charge is 0.466 e. The van der Waals surface area contributed by atoms with E-state index in [9.17, 15) is 19.8 Å². The number of unbranched alkanes of at least 4 members (excludes halogenated alkanes) is 43. The summed E-state index contributed by atoms with van der Waals surface area (Å²) in [4.78, 5) is 24.5. The summed E-state index contributed by atoms with van der Waals surface area (Å²) in [6, 6.07) is -0.545. The van der Waals surface area contributed by atoms with Gasteiger partial charge in [0.2, 0.25) is 5.91 Å². The molecule has 0 saturated carbocycles. The van der Waals surface area contributed by atoms with Gasteiger partial charge >= 0.3 is 5.97 Å². The first-order valence-electron chi connectivity index (χ1n) is 29.9. The van der Waals surface area contributed by atoms with Crippen LogP contribution in [0.4, 0.5) is 0 Å². The number of amides is 1. The maximum absolute atomic E-state index is 12.5. The second kappa shape index (κ2) is 56.2. The molecule has 0 aromatic carbocycles. The van der Waals surface area contributed by atoms with E-state index in [1.54, 1.807) is 0 Å². The standard InChI is InChI=1S/C60H117NO5/c1-3-5-7-9-11-13-15-17-30-34-38-42-46-50-54-60(65)66-55-51-47-43-39-35-31-27-25-23-21-19-18-20-22-24-26-29-33-37-41-45-49-53-59(64)61-57(56-62)58(63)52-48-44-40-36-32-28-16-14-12-10-8-6-4-2/h20,22,57-58,62-63H,3-19,21,23-56H2,1-2H3,(H,61,64)/b22-20-. The van der Waals surface area contributed by atoms with E-state index in [0.717, 1.165) is 38.5 Å². The van der Waals surface area contributed by atoms with Gasteiger partial charge in [0.15, 0.2) is 0 Å². The molecule has 0 rings (SSSR count). The number of allylic oxidation sites excluding steroid dienone is 2. The average Bonchev–Trinajstić information content (AvgIpc) is 3.32. The predicted molar refractivity (Wildman–Crippen MR) is 287 cm³/mol. The fourth-order valence-corrected chi connectivity index (χ4v) is 9.46. The molecular formula is C60H117NO5. The smallest absolute Gasteiger partial charge is 0.305 e. The number of aliphatic hydroxyl groups is 2. The van der Waals surface area contributed by atoms with Gasteiger partial charge in [-0.2, -0.15) is 0 Å². The minimum Gasteiger partial charge on any atom is -0.466 e. The van der Waals surface area contributed by atoms with Gasteiger partial charge in [-0.05, 0) is 51.4 Å². The maximum Gasteiger partial charge on any atom is 0.305 e. The van der Waals surface area contributed by atoms with Crippen molar-refractivity contribution >= 4 is 11.9 Å². The van der Waals surface area contributed by atoms with Crippen LogP contribution < -0.4 is 5.32 Å². The number of hydrogen-bond acceptors (Lipinski definition) is 5. The van der Waals surface area contributed by atoms with E-state index in [1.807, 2.05) is 0 Å². The Hall–Kier alpha value is -1.40. The summed E-state index contributed by atoms with van der Waals surface area (Å²) in [7, 11) is 0. The molecule has 0 spiro atoms. The maximum atomic E-state index is 12.5. The highest BCUT2D eigenvalue weighted by atomic mass is 16.5. The van der Waals surface area contributed by atoms with Gasteiger partial charge in [-0.1, -0.05) is 283 Å². The molecule has 3 N–H and O–H groups in total. The lowest BCUT2D eigenvalue weighted by Crippen LogP contribution is -2.45. The molecule has 0 saturated heterocycles. The molecule has 392 valence electrons. The van der Waals surface area contributed by atoms with Crippen LogP contribution in [0.2, 0.25) is 0 Å². The average molecular weight is 933 g/mol. The molecule has 6 heteroatoms. The lowest BCUT2D eigenvalue weighted by molar-refractivity contribution is -0.143. The second-order valence-corrected chi connectivity index (χ2v) is 20.7. The zero-order valence-corrected chi connectivity index (χ0v) is 44.7. The highest BCUT2D eigenvalue weighted by molar-refractivity contribution is 5.76. The van der Waals surface area contributed by atoms with Crippen molar-refractivity contribution in [3.05, 3.63) is 12.2 Å². The van der Waals surface area contributed by atoms with Crippen LogP contribution in [0, 0.1) is 0 Å². The van der Waals surface area contributed by atoms with Gasteiger partial charge in [-0.3, -0.25) is 9.59 Å². The van der Waals surface area contributed by atoms with Crippen LogP contribution in [0.5, 0.6) is 0 Å². The van der Waals surface area contributed by atoms with Crippen LogP contribution in [-0.2, 0) is 14.3 Å². The molecule has 0 bridgehead atoms. The lowest BCUT2D eigenvalue weighted by atomic mass is 10.0. The number of nitrogens with one attached hydrogen (secondary N) is 1. The molecule has 2 unspecified atom stereocenters. The zero-order valence-electron chi connectivity index (χ0n) is 44.7. The fourth-order valence-electron chi connectivity index (χ4n) is 9.46. The number of carbonyl (C=O) groups is 2. The van der Waals surface area contributed by atoms with Crippen molar-refractivity contribution in [1.82, 2.24) is 5.32 Å². The van der Waals surface area contributed by atoms with Crippen molar-refractivity contribution in [2.24, 2.45) is 0 Å². The molecule has 0 fully saturated rings. The molecule has 0 aromatic heterocycles. The van der Waals surface area contributed by atoms with Crippen LogP contribution >= 0.6 is 0 Å². The lowest BCUT2D eigenvalue weighted by Gasteiger charge is -2.22. The van der Waals surface area contributed by atoms with E-state index in [1.165, 1.54) is 263 Å². The summed E-state index contributed by atoms with van der Waals surface area (Å²) in [5, 5.41) is 23.2. The monoisotopic (exact) mass is 932 g/mol. The van der Waals surface area contributed by atoms with Gasteiger partial charge < -0.3 is 20.3 Å². The van der Waals surface area contributed by atoms with Crippen LogP contribution in [0.15, 0.2) is 12.2 Å². The first kappa shape index (κ1) is 64.6. The number of carbonyl (C=O) groups excluding carboxylic acids is 2. The van der Waals surface area contributed by atoms with E-state index in [2.05, 4.69) is 31.3 Å². The second-order valence-electron chi connectivity index (χ2n) is 20.7. The minimum atomic E-state index is -0.667. The fraction of sp³-hybridized carbons (Fsp3) is 0.933. The number of hydrogen-bond donors (Lipinski definition) is 3. The quantitative estimate of drug-likeness (QED) is 0.0321. The third kappa shape index (κ3) is 52.0. The molecule has 0 radical (unpaired) electrons. The van der Waals surface area contributed by atoms with Crippen LogP contribution in [-0.4, -0.2) is 47.4 Å². The molecule has 0 aliphatic rings. The highest BCUT2D eigenvalue weighted by Gasteiger charge is 2.20. The number of rotatable bonds is 56. The molecule has 0 aliphatic carbocycles. The van der Waals surface area contributed by atoms with Gasteiger partial charge in [0.05, 0.1) is 25.4 Å². The van der Waals surface area contributed by atoms with Gasteiger partial charge in [0, 0.05) is 12.8 Å².